The van der Waals surface area contributed by atoms with Gasteiger partial charge in [-0.1, -0.05) is 292 Å². The van der Waals surface area contributed by atoms with Crippen molar-refractivity contribution in [2.45, 2.75) is 264 Å². The van der Waals surface area contributed by atoms with Crippen LogP contribution in [0.5, 0.6) is 0 Å². The van der Waals surface area contributed by atoms with Crippen LogP contribution in [0.2, 0.25) is 0 Å². The summed E-state index contributed by atoms with van der Waals surface area (Å²) in [5.41, 5.74) is 0. The maximum Gasteiger partial charge on any atom is 0.306 e. The van der Waals surface area contributed by atoms with Crippen LogP contribution in [0.25, 0.3) is 0 Å². The second kappa shape index (κ2) is 68.3. The van der Waals surface area contributed by atoms with E-state index in [0.717, 1.165) is 148 Å². The molecule has 0 spiro atoms. The number of ether oxygens (including phenoxy) is 2. The Morgan fingerprint density at radius 3 is 0.750 bits per heavy atom. The molecule has 1 atom stereocenters. The van der Waals surface area contributed by atoms with Gasteiger partial charge in [0.15, 0.2) is 6.10 Å². The lowest BCUT2D eigenvalue weighted by atomic mass is 10.0. The van der Waals surface area contributed by atoms with E-state index in [9.17, 15) is 14.7 Å². The number of rotatable bonds is 57. The lowest BCUT2D eigenvalue weighted by Gasteiger charge is -2.15. The average Bonchev–Trinajstić information content (AvgIpc) is 3.46. The smallest absolute Gasteiger partial charge is 0.306 e. The Hall–Kier alpha value is -5.00. The molecule has 0 aromatic carbocycles. The minimum absolute atomic E-state index is 0.0871. The maximum atomic E-state index is 12.3. The summed E-state index contributed by atoms with van der Waals surface area (Å²) in [7, 11) is 0. The number of aliphatic hydroxyl groups excluding tert-OH is 1. The zero-order valence-electron chi connectivity index (χ0n) is 51.3. The van der Waals surface area contributed by atoms with E-state index < -0.39 is 6.10 Å². The van der Waals surface area contributed by atoms with E-state index in [1.165, 1.54) is 83.5 Å². The molecule has 0 rings (SSSR count). The van der Waals surface area contributed by atoms with Gasteiger partial charge in [-0.3, -0.25) is 9.59 Å². The summed E-state index contributed by atoms with van der Waals surface area (Å²) in [6.07, 6.45) is 107. The summed E-state index contributed by atoms with van der Waals surface area (Å²) in [6, 6.07) is 0. The molecule has 0 aromatic rings. The lowest BCUT2D eigenvalue weighted by molar-refractivity contribution is -0.161. The monoisotopic (exact) mass is 1100 g/mol. The zero-order valence-corrected chi connectivity index (χ0v) is 51.3. The molecule has 0 aliphatic rings. The molecule has 1 unspecified atom stereocenters. The molecule has 0 heterocycles. The Morgan fingerprint density at radius 1 is 0.287 bits per heavy atom. The predicted octanol–water partition coefficient (Wildman–Crippen LogP) is 22.6. The van der Waals surface area contributed by atoms with Crippen LogP contribution in [0.15, 0.2) is 182 Å². The van der Waals surface area contributed by atoms with E-state index >= 15 is 0 Å². The highest BCUT2D eigenvalue weighted by atomic mass is 16.6. The fourth-order valence-electron chi connectivity index (χ4n) is 8.43. The van der Waals surface area contributed by atoms with E-state index in [1.54, 1.807) is 0 Å². The van der Waals surface area contributed by atoms with Crippen molar-refractivity contribution < 1.29 is 24.2 Å². The molecule has 1 N–H and O–H groups in total. The molecule has 448 valence electrons. The largest absolute Gasteiger partial charge is 0.462 e. The van der Waals surface area contributed by atoms with Crippen LogP contribution in [0, 0.1) is 0 Å². The van der Waals surface area contributed by atoms with E-state index in [0.29, 0.717) is 12.8 Å². The molecule has 0 amide bonds. The van der Waals surface area contributed by atoms with Gasteiger partial charge in [0.1, 0.15) is 6.61 Å². The molecule has 0 radical (unpaired) electrons. The molecule has 0 bridgehead atoms. The second-order valence-corrected chi connectivity index (χ2v) is 20.7. The lowest BCUT2D eigenvalue weighted by Crippen LogP contribution is -2.28. The fourth-order valence-corrected chi connectivity index (χ4v) is 8.43. The van der Waals surface area contributed by atoms with Crippen molar-refractivity contribution in [2.75, 3.05) is 13.2 Å². The number of esters is 2. The van der Waals surface area contributed by atoms with Crippen molar-refractivity contribution in [1.82, 2.24) is 0 Å². The van der Waals surface area contributed by atoms with E-state index in [4.69, 9.17) is 9.47 Å². The third-order valence-corrected chi connectivity index (χ3v) is 13.2. The van der Waals surface area contributed by atoms with Crippen molar-refractivity contribution in [3.63, 3.8) is 0 Å². The first-order valence-corrected chi connectivity index (χ1v) is 32.3. The molecular formula is C75H118O5. The molecule has 0 saturated carbocycles. The summed E-state index contributed by atoms with van der Waals surface area (Å²) in [4.78, 5) is 24.6. The number of hydrogen-bond acceptors (Lipinski definition) is 5. The van der Waals surface area contributed by atoms with Gasteiger partial charge in [-0.2, -0.15) is 0 Å². The zero-order chi connectivity index (χ0) is 57.6. The van der Waals surface area contributed by atoms with Gasteiger partial charge < -0.3 is 14.6 Å². The quantitative estimate of drug-likeness (QED) is 0.0373. The van der Waals surface area contributed by atoms with Crippen LogP contribution in [0.3, 0.4) is 0 Å². The van der Waals surface area contributed by atoms with Crippen LogP contribution < -0.4 is 0 Å². The SMILES string of the molecule is CC/C=C\C/C=C\C/C=C\C/C=C\C/C=C\C/C=C\C/C=C\C/C=C\CCCCCCC(=O)OC(CO)COC(=O)CCCCCCCCCCCCCCCCC/C=C\C/C=C\C/C=C\C/C=C\C/C=C\C/C=C\C/C=C\CC. The molecule has 0 aromatic heterocycles. The van der Waals surface area contributed by atoms with Gasteiger partial charge in [-0.15, -0.1) is 0 Å². The number of carbonyl (C=O) groups is 2. The van der Waals surface area contributed by atoms with Gasteiger partial charge in [0.2, 0.25) is 0 Å². The van der Waals surface area contributed by atoms with Crippen molar-refractivity contribution in [2.24, 2.45) is 0 Å². The molecule has 0 aliphatic carbocycles. The van der Waals surface area contributed by atoms with Crippen LogP contribution in [-0.2, 0) is 19.1 Å². The number of aliphatic hydroxyl groups is 1. The minimum Gasteiger partial charge on any atom is -0.462 e. The first kappa shape index (κ1) is 75.0. The van der Waals surface area contributed by atoms with Crippen LogP contribution >= 0.6 is 0 Å². The van der Waals surface area contributed by atoms with Crippen molar-refractivity contribution in [1.29, 1.82) is 0 Å². The van der Waals surface area contributed by atoms with Crippen molar-refractivity contribution >= 4 is 11.9 Å². The fraction of sp³-hybridized carbons (Fsp3) is 0.573. The molecule has 5 heteroatoms. The van der Waals surface area contributed by atoms with Crippen molar-refractivity contribution in [3.8, 4) is 0 Å². The Bertz CT molecular complexity index is 1820. The summed E-state index contributed by atoms with van der Waals surface area (Å²) < 4.78 is 10.7. The van der Waals surface area contributed by atoms with E-state index in [1.807, 2.05) is 0 Å². The van der Waals surface area contributed by atoms with Crippen LogP contribution in [0.1, 0.15) is 258 Å². The van der Waals surface area contributed by atoms with Crippen molar-refractivity contribution in [3.05, 3.63) is 182 Å². The maximum absolute atomic E-state index is 12.3. The summed E-state index contributed by atoms with van der Waals surface area (Å²) in [6.45, 7) is 3.89. The second-order valence-electron chi connectivity index (χ2n) is 20.7. The summed E-state index contributed by atoms with van der Waals surface area (Å²) >= 11 is 0. The number of carbonyl (C=O) groups excluding carboxylic acids is 2. The predicted molar refractivity (Wildman–Crippen MR) is 352 cm³/mol. The Balaban J connectivity index is 3.59. The number of allylic oxidation sites excluding steroid dienone is 30. The summed E-state index contributed by atoms with van der Waals surface area (Å²) in [5, 5.41) is 9.68. The average molecular weight is 1100 g/mol. The van der Waals surface area contributed by atoms with Crippen LogP contribution in [-0.4, -0.2) is 36.4 Å². The summed E-state index contributed by atoms with van der Waals surface area (Å²) in [5.74, 6) is -0.628. The number of hydrogen-bond donors (Lipinski definition) is 1. The molecular weight excluding hydrogens is 981 g/mol. The normalized spacial score (nSPS) is 13.5. The number of unbranched alkanes of at least 4 members (excludes halogenated alkanes) is 19. The van der Waals surface area contributed by atoms with E-state index in [2.05, 4.69) is 196 Å². The third kappa shape index (κ3) is 65.5. The minimum atomic E-state index is -0.801. The van der Waals surface area contributed by atoms with Crippen LogP contribution in [0.4, 0.5) is 0 Å². The van der Waals surface area contributed by atoms with Gasteiger partial charge in [0.25, 0.3) is 0 Å². The standard InChI is InChI=1S/C75H118O5/c1-3-5-7-9-11-13-15-17-19-21-23-25-27-29-31-33-34-35-36-37-38-39-40-42-43-45-47-49-51-53-55-57-59-61-63-65-67-69-74(77)79-72-73(71-76)80-75(78)70-68-66-64-62-60-58-56-54-52-50-48-46-44-41-32-30-28-26-24-22-20-18-16-14-12-10-8-6-4-2/h5-8,11-14,17-20,23-26,29-32,34-35,37-38,44,46,50,52,56,58,73,76H,3-4,9-10,15-16,21-22,27-28,33,36,39-43,45,47-49,51,53-55,57,59-72H2,1-2H3/b7-5-,8-6-,13-11-,14-12-,19-17-,20-18-,25-23-,26-24-,31-29-,32-30-,35-34-,38-37-,46-44-,52-50-,58-56-. The Morgan fingerprint density at radius 2 is 0.500 bits per heavy atom. The van der Waals surface area contributed by atoms with E-state index in [-0.39, 0.29) is 25.2 Å². The third-order valence-electron chi connectivity index (χ3n) is 13.2. The van der Waals surface area contributed by atoms with Gasteiger partial charge in [0.05, 0.1) is 6.61 Å². The first-order chi connectivity index (χ1) is 39.6. The highest BCUT2D eigenvalue weighted by Gasteiger charge is 2.16. The Kier molecular flexibility index (Phi) is 64.0. The van der Waals surface area contributed by atoms with Gasteiger partial charge in [0, 0.05) is 12.8 Å². The molecule has 80 heavy (non-hydrogen) atoms. The van der Waals surface area contributed by atoms with Gasteiger partial charge in [-0.05, 0) is 135 Å². The molecule has 0 saturated heterocycles. The Labute approximate surface area is 493 Å². The molecule has 5 nitrogen and oxygen atoms in total. The van der Waals surface area contributed by atoms with Gasteiger partial charge in [-0.25, -0.2) is 0 Å². The molecule has 0 aliphatic heterocycles. The molecule has 0 fully saturated rings. The topological polar surface area (TPSA) is 72.8 Å². The highest BCUT2D eigenvalue weighted by molar-refractivity contribution is 5.70. The highest BCUT2D eigenvalue weighted by Crippen LogP contribution is 2.15. The van der Waals surface area contributed by atoms with Gasteiger partial charge >= 0.3 is 11.9 Å². The first-order valence-electron chi connectivity index (χ1n) is 32.3.